The van der Waals surface area contributed by atoms with Crippen LogP contribution in [0.25, 0.3) is 6.08 Å². The average Bonchev–Trinajstić information content (AvgIpc) is 3.15. The second-order valence-electron chi connectivity index (χ2n) is 8.09. The zero-order valence-corrected chi connectivity index (χ0v) is 22.3. The predicted molar refractivity (Wildman–Crippen MR) is 141 cm³/mol. The number of allylic oxidation sites excluding steroid dienone is 1. The van der Waals surface area contributed by atoms with E-state index in [0.29, 0.717) is 38.0 Å². The zero-order valence-electron chi connectivity index (χ0n) is 20.7. The second kappa shape index (κ2) is 11.1. The van der Waals surface area contributed by atoms with E-state index in [1.165, 1.54) is 22.8 Å². The molecule has 4 rings (SSSR count). The molecule has 3 aromatic rings. The number of aromatic nitrogens is 1. The maximum atomic E-state index is 13.7. The van der Waals surface area contributed by atoms with Crippen molar-refractivity contribution in [1.29, 1.82) is 0 Å². The fraction of sp³-hybridized carbons (Fsp3) is 0.259. The fourth-order valence-corrected chi connectivity index (χ4v) is 5.19. The third-order valence-corrected chi connectivity index (χ3v) is 6.76. The maximum Gasteiger partial charge on any atom is 0.338 e. The lowest BCUT2D eigenvalue weighted by Crippen LogP contribution is -2.40. The Kier molecular flexibility index (Phi) is 7.94. The lowest BCUT2D eigenvalue weighted by molar-refractivity contribution is -0.139. The van der Waals surface area contributed by atoms with Gasteiger partial charge in [-0.2, -0.15) is 0 Å². The number of hydrogen-bond acceptors (Lipinski definition) is 8. The Hall–Kier alpha value is -3.69. The molecule has 0 fully saturated rings. The lowest BCUT2D eigenvalue weighted by atomic mass is 9.95. The molecule has 0 saturated heterocycles. The highest BCUT2D eigenvalue weighted by Crippen LogP contribution is 2.36. The van der Waals surface area contributed by atoms with Gasteiger partial charge in [0.15, 0.2) is 16.3 Å². The predicted octanol–water partition coefficient (Wildman–Crippen LogP) is 3.78. The van der Waals surface area contributed by atoms with Crippen LogP contribution < -0.4 is 24.4 Å². The molecule has 10 heteroatoms. The quantitative estimate of drug-likeness (QED) is 0.334. The highest BCUT2D eigenvalue weighted by Gasteiger charge is 2.34. The normalized spacial score (nSPS) is 15.2. The Morgan fingerprint density at radius 3 is 2.49 bits per heavy atom. The van der Waals surface area contributed by atoms with Gasteiger partial charge in [0.05, 0.1) is 35.1 Å². The summed E-state index contributed by atoms with van der Waals surface area (Å²) in [6, 6.07) is 11.2. The molecule has 1 aliphatic heterocycles. The van der Waals surface area contributed by atoms with Crippen molar-refractivity contribution in [3.05, 3.63) is 89.6 Å². The molecule has 0 N–H and O–H groups in total. The Labute approximate surface area is 222 Å². The molecule has 0 unspecified atom stereocenters. The monoisotopic (exact) mass is 540 g/mol. The van der Waals surface area contributed by atoms with Gasteiger partial charge in [-0.3, -0.25) is 14.2 Å². The van der Waals surface area contributed by atoms with Crippen molar-refractivity contribution in [1.82, 2.24) is 4.57 Å². The van der Waals surface area contributed by atoms with Gasteiger partial charge in [-0.1, -0.05) is 41.1 Å². The van der Waals surface area contributed by atoms with Crippen LogP contribution in [-0.4, -0.2) is 29.7 Å². The van der Waals surface area contributed by atoms with Gasteiger partial charge in [0.1, 0.15) is 0 Å². The number of fused-ring (bicyclic) bond motifs is 1. The van der Waals surface area contributed by atoms with Crippen molar-refractivity contribution in [3.8, 4) is 11.5 Å². The van der Waals surface area contributed by atoms with Gasteiger partial charge in [0.2, 0.25) is 0 Å². The van der Waals surface area contributed by atoms with Gasteiger partial charge in [-0.15, -0.1) is 0 Å². The van der Waals surface area contributed by atoms with Crippen molar-refractivity contribution >= 4 is 41.0 Å². The van der Waals surface area contributed by atoms with Crippen LogP contribution in [0.15, 0.2) is 63.5 Å². The standard InChI is InChI=1S/C27H25ClN2O6S/c1-5-34-21-14-18(9-12-20(21)36-16(4)31)24-23(26(33)35-6-2)15(3)29-27-30(24)25(32)22(37-27)13-17-7-10-19(28)11-8-17/h7-14,24H,5-6H2,1-4H3/b22-13+/t24-/m1/s1. The highest BCUT2D eigenvalue weighted by atomic mass is 35.5. The number of halogens is 1. The third kappa shape index (κ3) is 5.52. The van der Waals surface area contributed by atoms with Crippen LogP contribution in [0.5, 0.6) is 11.5 Å². The summed E-state index contributed by atoms with van der Waals surface area (Å²) in [6.45, 7) is 7.02. The van der Waals surface area contributed by atoms with E-state index in [2.05, 4.69) is 4.99 Å². The first-order chi connectivity index (χ1) is 17.7. The van der Waals surface area contributed by atoms with Crippen LogP contribution in [0, 0.1) is 0 Å². The summed E-state index contributed by atoms with van der Waals surface area (Å²) in [7, 11) is 0. The number of thiazole rings is 1. The van der Waals surface area contributed by atoms with Gasteiger partial charge in [0, 0.05) is 11.9 Å². The van der Waals surface area contributed by atoms with Gasteiger partial charge >= 0.3 is 11.9 Å². The summed E-state index contributed by atoms with van der Waals surface area (Å²) in [6.07, 6.45) is 1.76. The smallest absolute Gasteiger partial charge is 0.338 e. The van der Waals surface area contributed by atoms with Gasteiger partial charge in [-0.05, 0) is 62.2 Å². The maximum absolute atomic E-state index is 13.7. The molecule has 0 bridgehead atoms. The molecular weight excluding hydrogens is 516 g/mol. The number of nitrogens with zero attached hydrogens (tertiary/aromatic N) is 2. The topological polar surface area (TPSA) is 96.2 Å². The molecule has 37 heavy (non-hydrogen) atoms. The average molecular weight is 541 g/mol. The van der Waals surface area contributed by atoms with Crippen LogP contribution in [0.4, 0.5) is 0 Å². The largest absolute Gasteiger partial charge is 0.490 e. The van der Waals surface area contributed by atoms with Crippen LogP contribution in [0.2, 0.25) is 5.02 Å². The van der Waals surface area contributed by atoms with Crippen molar-refractivity contribution < 1.29 is 23.8 Å². The van der Waals surface area contributed by atoms with Gasteiger partial charge < -0.3 is 14.2 Å². The second-order valence-corrected chi connectivity index (χ2v) is 9.53. The van der Waals surface area contributed by atoms with Crippen LogP contribution in [-0.2, 0) is 14.3 Å². The molecule has 2 aromatic carbocycles. The molecular formula is C27H25ClN2O6S. The summed E-state index contributed by atoms with van der Waals surface area (Å²) in [5, 5.41) is 0.593. The lowest BCUT2D eigenvalue weighted by Gasteiger charge is -2.25. The van der Waals surface area contributed by atoms with Crippen molar-refractivity contribution in [3.63, 3.8) is 0 Å². The number of carbonyl (C=O) groups is 2. The molecule has 0 radical (unpaired) electrons. The first-order valence-electron chi connectivity index (χ1n) is 11.6. The first-order valence-corrected chi connectivity index (χ1v) is 12.8. The van der Waals surface area contributed by atoms with E-state index in [0.717, 1.165) is 5.56 Å². The Morgan fingerprint density at radius 1 is 1.11 bits per heavy atom. The number of benzene rings is 2. The zero-order chi connectivity index (χ0) is 26.7. The Bertz CT molecular complexity index is 1570. The van der Waals surface area contributed by atoms with E-state index in [4.69, 9.17) is 25.8 Å². The Morgan fingerprint density at radius 2 is 1.84 bits per heavy atom. The minimum Gasteiger partial charge on any atom is -0.490 e. The van der Waals surface area contributed by atoms with Crippen LogP contribution in [0.3, 0.4) is 0 Å². The van der Waals surface area contributed by atoms with E-state index in [1.807, 2.05) is 12.1 Å². The van der Waals surface area contributed by atoms with E-state index < -0.39 is 18.0 Å². The SMILES string of the molecule is CCOC(=O)C1=C(C)N=c2s/c(=C/c3ccc(Cl)cc3)c(=O)n2[C@@H]1c1ccc(OC(C)=O)c(OCC)c1. The van der Waals surface area contributed by atoms with E-state index in [1.54, 1.807) is 57.2 Å². The molecule has 8 nitrogen and oxygen atoms in total. The molecule has 192 valence electrons. The summed E-state index contributed by atoms with van der Waals surface area (Å²) in [5.41, 5.74) is 1.77. The molecule has 0 saturated carbocycles. The van der Waals surface area contributed by atoms with Gasteiger partial charge in [0.25, 0.3) is 5.56 Å². The molecule has 0 aliphatic carbocycles. The van der Waals surface area contributed by atoms with E-state index in [9.17, 15) is 14.4 Å². The van der Waals surface area contributed by atoms with Crippen molar-refractivity contribution in [2.45, 2.75) is 33.7 Å². The number of ether oxygens (including phenoxy) is 3. The van der Waals surface area contributed by atoms with Crippen LogP contribution >= 0.6 is 22.9 Å². The summed E-state index contributed by atoms with van der Waals surface area (Å²) >= 11 is 7.22. The number of rotatable bonds is 7. The molecule has 0 spiro atoms. The molecule has 1 atom stereocenters. The van der Waals surface area contributed by atoms with E-state index in [-0.39, 0.29) is 23.5 Å². The van der Waals surface area contributed by atoms with Gasteiger partial charge in [-0.25, -0.2) is 9.79 Å². The van der Waals surface area contributed by atoms with E-state index >= 15 is 0 Å². The summed E-state index contributed by atoms with van der Waals surface area (Å²) in [4.78, 5) is 43.4. The molecule has 1 aromatic heterocycles. The molecule has 1 aliphatic rings. The highest BCUT2D eigenvalue weighted by molar-refractivity contribution is 7.07. The number of hydrogen-bond donors (Lipinski definition) is 0. The molecule has 2 heterocycles. The van der Waals surface area contributed by atoms with Crippen molar-refractivity contribution in [2.24, 2.45) is 4.99 Å². The Balaban J connectivity index is 1.94. The third-order valence-electron chi connectivity index (χ3n) is 5.52. The van der Waals surface area contributed by atoms with Crippen LogP contribution in [0.1, 0.15) is 44.9 Å². The minimum absolute atomic E-state index is 0.166. The number of esters is 2. The summed E-state index contributed by atoms with van der Waals surface area (Å²) in [5.74, 6) is -0.502. The molecule has 0 amide bonds. The minimum atomic E-state index is -0.826. The summed E-state index contributed by atoms with van der Waals surface area (Å²) < 4.78 is 18.3. The van der Waals surface area contributed by atoms with Crippen molar-refractivity contribution in [2.75, 3.05) is 13.2 Å². The first kappa shape index (κ1) is 26.4. The number of carbonyl (C=O) groups excluding carboxylic acids is 2. The fourth-order valence-electron chi connectivity index (χ4n) is 4.02.